The van der Waals surface area contributed by atoms with Crippen LogP contribution in [0, 0.1) is 17.2 Å². The third kappa shape index (κ3) is 6.07. The highest BCUT2D eigenvalue weighted by Crippen LogP contribution is 2.19. The number of nitrogens with one attached hydrogen (secondary N) is 1. The van der Waals surface area contributed by atoms with Crippen molar-refractivity contribution in [1.29, 1.82) is 5.26 Å². The number of carbonyl (C=O) groups excluding carboxylic acids is 1. The Hall–Kier alpha value is -2.84. The molecule has 0 radical (unpaired) electrons. The fourth-order valence-corrected chi connectivity index (χ4v) is 3.48. The lowest BCUT2D eigenvalue weighted by molar-refractivity contribution is -0.127. The molecule has 5 nitrogen and oxygen atoms in total. The summed E-state index contributed by atoms with van der Waals surface area (Å²) in [7, 11) is 0. The largest absolute Gasteiger partial charge is 0.480 e. The van der Waals surface area contributed by atoms with Crippen LogP contribution in [0.4, 0.5) is 0 Å². The van der Waals surface area contributed by atoms with Gasteiger partial charge < -0.3 is 10.1 Å². The summed E-state index contributed by atoms with van der Waals surface area (Å²) < 4.78 is 5.66. The number of likely N-dealkylation sites (tertiary alicyclic amines) is 1. The van der Waals surface area contributed by atoms with Gasteiger partial charge in [0.1, 0.15) is 11.8 Å². The highest BCUT2D eigenvalue weighted by atomic mass is 16.5. The Bertz CT molecular complexity index is 849. The van der Waals surface area contributed by atoms with Crippen LogP contribution in [0.15, 0.2) is 48.5 Å². The number of hydrogen-bond donors (Lipinski definition) is 1. The van der Waals surface area contributed by atoms with Crippen LogP contribution in [0.3, 0.4) is 0 Å². The van der Waals surface area contributed by atoms with Gasteiger partial charge in [-0.2, -0.15) is 5.26 Å². The van der Waals surface area contributed by atoms with E-state index in [2.05, 4.69) is 47.5 Å². The molecule has 1 N–H and O–H groups in total. The Balaban J connectivity index is 1.46. The first-order valence-electron chi connectivity index (χ1n) is 10.3. The minimum atomic E-state index is -0.676. The maximum Gasteiger partial charge on any atom is 0.261 e. The van der Waals surface area contributed by atoms with Gasteiger partial charge in [0.15, 0.2) is 6.10 Å². The Morgan fingerprint density at radius 2 is 1.83 bits per heavy atom. The van der Waals surface area contributed by atoms with Crippen molar-refractivity contribution in [1.82, 2.24) is 10.2 Å². The van der Waals surface area contributed by atoms with Crippen molar-refractivity contribution in [3.63, 3.8) is 0 Å². The van der Waals surface area contributed by atoms with Crippen LogP contribution in [-0.4, -0.2) is 30.0 Å². The first kappa shape index (κ1) is 20.9. The molecule has 1 aliphatic rings. The molecule has 3 rings (SSSR count). The van der Waals surface area contributed by atoms with Gasteiger partial charge in [-0.25, -0.2) is 0 Å². The van der Waals surface area contributed by atoms with E-state index >= 15 is 0 Å². The Kier molecular flexibility index (Phi) is 7.26. The quantitative estimate of drug-likeness (QED) is 0.778. The highest BCUT2D eigenvalue weighted by molar-refractivity contribution is 5.80. The number of benzene rings is 2. The monoisotopic (exact) mass is 391 g/mol. The molecule has 0 aliphatic carbocycles. The van der Waals surface area contributed by atoms with Gasteiger partial charge in [0.25, 0.3) is 5.91 Å². The Morgan fingerprint density at radius 1 is 1.17 bits per heavy atom. The van der Waals surface area contributed by atoms with Crippen molar-refractivity contribution in [2.75, 3.05) is 13.1 Å². The molecule has 152 valence electrons. The van der Waals surface area contributed by atoms with E-state index < -0.39 is 6.10 Å². The summed E-state index contributed by atoms with van der Waals surface area (Å²) in [6.07, 6.45) is 1.89. The average molecular weight is 392 g/mol. The van der Waals surface area contributed by atoms with Crippen molar-refractivity contribution in [2.45, 2.75) is 45.9 Å². The number of hydrogen-bond acceptors (Lipinski definition) is 4. The Morgan fingerprint density at radius 3 is 2.52 bits per heavy atom. The lowest BCUT2D eigenvalue weighted by atomic mass is 9.99. The molecule has 1 amide bonds. The standard InChI is InChI=1S/C24H29N3O2/c1-18-11-13-27(14-12-18)17-21-9-7-20(8-10-21)16-26-24(28)19(2)29-23-6-4-3-5-22(23)15-25/h3-10,18-19H,11-14,16-17H2,1-2H3,(H,26,28). The van der Waals surface area contributed by atoms with Gasteiger partial charge in [-0.3, -0.25) is 9.69 Å². The topological polar surface area (TPSA) is 65.4 Å². The normalized spacial score (nSPS) is 16.0. The summed E-state index contributed by atoms with van der Waals surface area (Å²) in [6, 6.07) is 17.4. The van der Waals surface area contributed by atoms with E-state index in [1.54, 1.807) is 31.2 Å². The molecule has 2 aromatic rings. The van der Waals surface area contributed by atoms with Crippen molar-refractivity contribution in [3.05, 3.63) is 65.2 Å². The van der Waals surface area contributed by atoms with Crippen LogP contribution in [0.1, 0.15) is 43.4 Å². The molecule has 2 aromatic carbocycles. The summed E-state index contributed by atoms with van der Waals surface area (Å²) in [5, 5.41) is 12.0. The Labute approximate surface area is 173 Å². The zero-order chi connectivity index (χ0) is 20.6. The van der Waals surface area contributed by atoms with Gasteiger partial charge >= 0.3 is 0 Å². The van der Waals surface area contributed by atoms with Crippen molar-refractivity contribution in [2.24, 2.45) is 5.92 Å². The zero-order valence-electron chi connectivity index (χ0n) is 17.2. The van der Waals surface area contributed by atoms with Crippen LogP contribution in [-0.2, 0) is 17.9 Å². The van der Waals surface area contributed by atoms with Crippen LogP contribution in [0.2, 0.25) is 0 Å². The smallest absolute Gasteiger partial charge is 0.261 e. The maximum absolute atomic E-state index is 12.4. The number of ether oxygens (including phenoxy) is 1. The van der Waals surface area contributed by atoms with Gasteiger partial charge in [-0.15, -0.1) is 0 Å². The third-order valence-electron chi connectivity index (χ3n) is 5.45. The maximum atomic E-state index is 12.4. The number of carbonyl (C=O) groups is 1. The molecule has 0 saturated carbocycles. The summed E-state index contributed by atoms with van der Waals surface area (Å²) in [5.74, 6) is 1.07. The molecule has 1 unspecified atom stereocenters. The van der Waals surface area contributed by atoms with E-state index in [0.717, 1.165) is 18.0 Å². The number of nitrogens with zero attached hydrogens (tertiary/aromatic N) is 2. The molecule has 29 heavy (non-hydrogen) atoms. The number of rotatable bonds is 7. The highest BCUT2D eigenvalue weighted by Gasteiger charge is 2.17. The van der Waals surface area contributed by atoms with Crippen LogP contribution >= 0.6 is 0 Å². The molecular formula is C24H29N3O2. The minimum absolute atomic E-state index is 0.204. The lowest BCUT2D eigenvalue weighted by Gasteiger charge is -2.30. The molecule has 1 heterocycles. The fourth-order valence-electron chi connectivity index (χ4n) is 3.48. The van der Waals surface area contributed by atoms with E-state index in [9.17, 15) is 4.79 Å². The third-order valence-corrected chi connectivity index (χ3v) is 5.45. The summed E-state index contributed by atoms with van der Waals surface area (Å²) in [5.41, 5.74) is 2.78. The predicted octanol–water partition coefficient (Wildman–Crippen LogP) is 3.87. The van der Waals surface area contributed by atoms with E-state index in [4.69, 9.17) is 10.00 Å². The van der Waals surface area contributed by atoms with E-state index in [1.807, 2.05) is 0 Å². The van der Waals surface area contributed by atoms with Gasteiger partial charge in [0.2, 0.25) is 0 Å². The van der Waals surface area contributed by atoms with E-state index in [-0.39, 0.29) is 5.91 Å². The molecule has 0 bridgehead atoms. The molecule has 1 aliphatic heterocycles. The van der Waals surface area contributed by atoms with Crippen LogP contribution in [0.25, 0.3) is 0 Å². The number of piperidine rings is 1. The summed E-state index contributed by atoms with van der Waals surface area (Å²) >= 11 is 0. The number of amides is 1. The van der Waals surface area contributed by atoms with Crippen LogP contribution in [0.5, 0.6) is 5.75 Å². The van der Waals surface area contributed by atoms with Crippen molar-refractivity contribution >= 4 is 5.91 Å². The molecule has 0 aromatic heterocycles. The summed E-state index contributed by atoms with van der Waals surface area (Å²) in [6.45, 7) is 7.80. The fraction of sp³-hybridized carbons (Fsp3) is 0.417. The zero-order valence-corrected chi connectivity index (χ0v) is 17.2. The molecule has 1 fully saturated rings. The van der Waals surface area contributed by atoms with Gasteiger partial charge in [-0.05, 0) is 62.0 Å². The van der Waals surface area contributed by atoms with Crippen molar-refractivity contribution in [3.8, 4) is 11.8 Å². The second-order valence-corrected chi connectivity index (χ2v) is 7.86. The first-order chi connectivity index (χ1) is 14.0. The second kappa shape index (κ2) is 10.1. The van der Waals surface area contributed by atoms with Crippen molar-refractivity contribution < 1.29 is 9.53 Å². The predicted molar refractivity (Wildman–Crippen MR) is 113 cm³/mol. The van der Waals surface area contributed by atoms with Gasteiger partial charge in [0.05, 0.1) is 5.56 Å². The van der Waals surface area contributed by atoms with Gasteiger partial charge in [-0.1, -0.05) is 43.3 Å². The number of nitriles is 1. The first-order valence-corrected chi connectivity index (χ1v) is 10.3. The molecule has 1 atom stereocenters. The molecule has 5 heteroatoms. The minimum Gasteiger partial charge on any atom is -0.480 e. The van der Waals surface area contributed by atoms with Gasteiger partial charge in [0, 0.05) is 13.1 Å². The second-order valence-electron chi connectivity index (χ2n) is 7.86. The molecule has 1 saturated heterocycles. The number of para-hydroxylation sites is 1. The van der Waals surface area contributed by atoms with E-state index in [0.29, 0.717) is 17.9 Å². The molecule has 0 spiro atoms. The average Bonchev–Trinajstić information content (AvgIpc) is 2.75. The van der Waals surface area contributed by atoms with Crippen LogP contribution < -0.4 is 10.1 Å². The lowest BCUT2D eigenvalue weighted by Crippen LogP contribution is -2.36. The summed E-state index contributed by atoms with van der Waals surface area (Å²) in [4.78, 5) is 14.9. The SMILES string of the molecule is CC1CCN(Cc2ccc(CNC(=O)C(C)Oc3ccccc3C#N)cc2)CC1. The van der Waals surface area contributed by atoms with E-state index in [1.165, 1.54) is 31.5 Å². The molecular weight excluding hydrogens is 362 g/mol.